The number of carbonyl (C=O) groups is 13. The van der Waals surface area contributed by atoms with E-state index in [4.69, 9.17) is 17.2 Å². The summed E-state index contributed by atoms with van der Waals surface area (Å²) >= 11 is 0. The van der Waals surface area contributed by atoms with Crippen LogP contribution in [0.3, 0.4) is 0 Å². The molecule has 2 aliphatic rings. The summed E-state index contributed by atoms with van der Waals surface area (Å²) in [6.07, 6.45) is 2.99. The highest BCUT2D eigenvalue weighted by Gasteiger charge is 2.39. The average molecular weight is 1240 g/mol. The molecule has 0 radical (unpaired) electrons. The molecule has 0 spiro atoms. The summed E-state index contributed by atoms with van der Waals surface area (Å²) < 4.78 is 0. The zero-order valence-electron chi connectivity index (χ0n) is 50.5. The van der Waals surface area contributed by atoms with Gasteiger partial charge in [0.1, 0.15) is 54.4 Å². The number of rotatable bonds is 36. The van der Waals surface area contributed by atoms with E-state index in [9.17, 15) is 72.5 Å². The third-order valence-corrected chi connectivity index (χ3v) is 14.7. The van der Waals surface area contributed by atoms with Gasteiger partial charge in [0.2, 0.25) is 70.9 Å². The molecule has 12 amide bonds. The number of aliphatic hydroxyl groups is 1. The summed E-state index contributed by atoms with van der Waals surface area (Å²) in [5, 5.41) is 42.2. The Labute approximate surface area is 510 Å². The van der Waals surface area contributed by atoms with Gasteiger partial charge < -0.3 is 90.0 Å². The summed E-state index contributed by atoms with van der Waals surface area (Å²) in [5.41, 5.74) is 17.7. The molecular formula is C57H88N16O15. The molecule has 2 saturated heterocycles. The molecule has 31 nitrogen and oxygen atoms in total. The van der Waals surface area contributed by atoms with E-state index in [2.05, 4.69) is 57.8 Å². The van der Waals surface area contributed by atoms with Crippen LogP contribution in [0.4, 0.5) is 0 Å². The van der Waals surface area contributed by atoms with E-state index in [1.807, 2.05) is 0 Å². The number of aromatic amines is 1. The van der Waals surface area contributed by atoms with Crippen LogP contribution in [0, 0.1) is 11.8 Å². The lowest BCUT2D eigenvalue weighted by Gasteiger charge is -2.28. The summed E-state index contributed by atoms with van der Waals surface area (Å²) in [7, 11) is 0. The van der Waals surface area contributed by atoms with Crippen LogP contribution in [-0.2, 0) is 75.2 Å². The van der Waals surface area contributed by atoms with Crippen molar-refractivity contribution >= 4 is 76.9 Å². The van der Waals surface area contributed by atoms with Crippen LogP contribution < -0.4 is 65.1 Å². The first-order valence-corrected chi connectivity index (χ1v) is 29.6. The van der Waals surface area contributed by atoms with Gasteiger partial charge >= 0.3 is 5.97 Å². The van der Waals surface area contributed by atoms with Crippen LogP contribution in [-0.4, -0.2) is 207 Å². The molecule has 10 atom stereocenters. The number of unbranched alkanes of at least 4 members (excludes halogenated alkanes) is 1. The number of primary amides is 1. The van der Waals surface area contributed by atoms with Gasteiger partial charge in [-0.05, 0) is 88.7 Å². The minimum absolute atomic E-state index is 0.0238. The van der Waals surface area contributed by atoms with E-state index < -0.39 is 163 Å². The lowest BCUT2D eigenvalue weighted by atomic mass is 10.0. The summed E-state index contributed by atoms with van der Waals surface area (Å²) in [6.45, 7) is 7.16. The van der Waals surface area contributed by atoms with Crippen LogP contribution in [0.25, 0.3) is 0 Å². The van der Waals surface area contributed by atoms with E-state index in [0.717, 1.165) is 0 Å². The van der Waals surface area contributed by atoms with Gasteiger partial charge in [-0.25, -0.2) is 9.78 Å². The second-order valence-electron chi connectivity index (χ2n) is 22.9. The molecule has 1 aromatic carbocycles. The Kier molecular flexibility index (Phi) is 29.3. The second-order valence-corrected chi connectivity index (χ2v) is 22.9. The molecule has 3 heterocycles. The van der Waals surface area contributed by atoms with E-state index in [0.29, 0.717) is 43.5 Å². The number of amides is 12. The predicted octanol–water partition coefficient (Wildman–Crippen LogP) is -4.68. The molecule has 2 fully saturated rings. The Hall–Kier alpha value is -8.58. The Morgan fingerprint density at radius 1 is 0.614 bits per heavy atom. The first-order valence-electron chi connectivity index (χ1n) is 29.6. The number of nitrogens with zero attached hydrogens (tertiary/aromatic N) is 3. The van der Waals surface area contributed by atoms with Crippen molar-refractivity contribution in [1.82, 2.24) is 67.6 Å². The normalized spacial score (nSPS) is 17.4. The second kappa shape index (κ2) is 35.9. The number of imidazole rings is 1. The average Bonchev–Trinajstić information content (AvgIpc) is 4.29. The number of aliphatic carboxylic acids is 1. The van der Waals surface area contributed by atoms with Crippen molar-refractivity contribution in [2.45, 2.75) is 172 Å². The van der Waals surface area contributed by atoms with Crippen molar-refractivity contribution in [3.8, 4) is 0 Å². The Morgan fingerprint density at radius 3 is 1.59 bits per heavy atom. The Bertz CT molecular complexity index is 2730. The van der Waals surface area contributed by atoms with Crippen molar-refractivity contribution < 1.29 is 72.5 Å². The molecule has 31 heteroatoms. The van der Waals surface area contributed by atoms with E-state index in [1.165, 1.54) is 29.2 Å². The van der Waals surface area contributed by atoms with E-state index in [1.54, 1.807) is 58.0 Å². The molecule has 0 unspecified atom stereocenters. The smallest absolute Gasteiger partial charge is 0.326 e. The van der Waals surface area contributed by atoms with Crippen molar-refractivity contribution in [2.75, 3.05) is 39.3 Å². The Morgan fingerprint density at radius 2 is 1.10 bits per heavy atom. The zero-order valence-corrected chi connectivity index (χ0v) is 50.5. The van der Waals surface area contributed by atoms with Crippen molar-refractivity contribution in [1.29, 1.82) is 0 Å². The van der Waals surface area contributed by atoms with Crippen LogP contribution in [0.5, 0.6) is 0 Å². The molecule has 2 aliphatic heterocycles. The lowest BCUT2D eigenvalue weighted by Crippen LogP contribution is -2.59. The maximum absolute atomic E-state index is 14.2. The van der Waals surface area contributed by atoms with Crippen molar-refractivity contribution in [3.05, 3.63) is 54.1 Å². The van der Waals surface area contributed by atoms with Gasteiger partial charge in [0.15, 0.2) is 0 Å². The highest BCUT2D eigenvalue weighted by molar-refractivity contribution is 5.99. The van der Waals surface area contributed by atoms with Gasteiger partial charge in [-0.3, -0.25) is 57.5 Å². The SMILES string of the molecule is CC(C)C[C@H](NC(=O)CNC(=O)[C@H](Cc1cnc[nH]1)NC(=O)[C@H](CC(C)C)NC(=O)[C@H](CC(N)=O)NC(=O)[C@@H]1CCCN1C(=O)CNC(=O)[C@@H](N)[C@@H](C)O)C(=O)N[C@@H](Cc1ccccc1)C(=O)NCC(=O)N1CCC[C@H]1C(=O)N[C@@H](CCCCN)C(=O)O. The third-order valence-electron chi connectivity index (χ3n) is 14.7. The first kappa shape index (κ1) is 71.9. The number of likely N-dealkylation sites (tertiary alicyclic amines) is 2. The highest BCUT2D eigenvalue weighted by atomic mass is 16.4. The van der Waals surface area contributed by atoms with Gasteiger partial charge in [0.25, 0.3) is 0 Å². The van der Waals surface area contributed by atoms with E-state index in [-0.39, 0.29) is 69.9 Å². The number of H-pyrrole nitrogens is 1. The fourth-order valence-electron chi connectivity index (χ4n) is 10.0. The van der Waals surface area contributed by atoms with Gasteiger partial charge in [-0.15, -0.1) is 0 Å². The van der Waals surface area contributed by atoms with Crippen LogP contribution in [0.15, 0.2) is 42.9 Å². The molecule has 2 aromatic rings. The molecule has 1 aromatic heterocycles. The highest BCUT2D eigenvalue weighted by Crippen LogP contribution is 2.20. The van der Waals surface area contributed by atoms with Gasteiger partial charge in [0, 0.05) is 37.8 Å². The first-order chi connectivity index (χ1) is 41.7. The van der Waals surface area contributed by atoms with Crippen molar-refractivity contribution in [3.63, 3.8) is 0 Å². The molecule has 0 bridgehead atoms. The Balaban J connectivity index is 1.44. The number of nitrogens with two attached hydrogens (primary N) is 3. The number of carboxylic acids is 1. The number of benzene rings is 1. The number of aromatic nitrogens is 2. The summed E-state index contributed by atoms with van der Waals surface area (Å²) in [4.78, 5) is 183. The molecule has 0 saturated carbocycles. The van der Waals surface area contributed by atoms with Crippen LogP contribution >= 0.6 is 0 Å². The maximum atomic E-state index is 14.2. The largest absolute Gasteiger partial charge is 0.480 e. The fraction of sp³-hybridized carbons (Fsp3) is 0.614. The summed E-state index contributed by atoms with van der Waals surface area (Å²) in [6, 6.07) is -2.98. The predicted molar refractivity (Wildman–Crippen MR) is 315 cm³/mol. The number of hydrogen-bond acceptors (Lipinski definition) is 17. The topological polar surface area (TPSA) is 484 Å². The number of nitrogens with one attached hydrogen (secondary N) is 10. The summed E-state index contributed by atoms with van der Waals surface area (Å²) in [5.74, 6) is -11.4. The van der Waals surface area contributed by atoms with E-state index >= 15 is 0 Å². The standard InChI is InChI=1S/C57H88N16O15/c1-31(2)21-37(51(81)69-39(23-34-13-7-6-8-14-34)49(79)63-28-46(77)72-19-11-16-42(72)54(84)67-36(57(87)88)15-9-10-18-58)66-45(76)27-62-50(80)40(24-35-26-61-30-65-35)70-52(82)38(22-32(3)4)68-53(83)41(25-44(59)75)71-55(85)43-17-12-20-73(43)47(78)29-64-56(86)48(60)33(5)74/h6-8,13-14,26,30-33,36-43,48,74H,9-12,15-25,27-29,58,60H2,1-5H3,(H2,59,75)(H,61,65)(H,62,80)(H,63,79)(H,64,86)(H,66,76)(H,67,84)(H,68,83)(H,69,81)(H,70,82)(H,71,85)(H,87,88)/t33-,36+,37+,38+,39+,40+,41+,42+,43+,48+/m1/s1. The maximum Gasteiger partial charge on any atom is 0.326 e. The minimum Gasteiger partial charge on any atom is -0.480 e. The lowest BCUT2D eigenvalue weighted by molar-refractivity contribution is -0.144. The van der Waals surface area contributed by atoms with Crippen LogP contribution in [0.2, 0.25) is 0 Å². The van der Waals surface area contributed by atoms with Crippen molar-refractivity contribution in [2.24, 2.45) is 29.0 Å². The molecule has 486 valence electrons. The van der Waals surface area contributed by atoms with Crippen LogP contribution in [0.1, 0.15) is 110 Å². The zero-order chi connectivity index (χ0) is 65.2. The number of aliphatic hydroxyl groups excluding tert-OH is 1. The molecular weight excluding hydrogens is 1150 g/mol. The quantitative estimate of drug-likeness (QED) is 0.0285. The van der Waals surface area contributed by atoms with Gasteiger partial charge in [0.05, 0.1) is 38.5 Å². The van der Waals surface area contributed by atoms with Gasteiger partial charge in [-0.2, -0.15) is 0 Å². The molecule has 88 heavy (non-hydrogen) atoms. The van der Waals surface area contributed by atoms with Gasteiger partial charge in [-0.1, -0.05) is 58.0 Å². The molecule has 0 aliphatic carbocycles. The molecule has 4 rings (SSSR count). The minimum atomic E-state index is -1.64. The number of carboxylic acid groups (broad SMARTS) is 1. The number of carbonyl (C=O) groups excluding carboxylic acids is 12. The monoisotopic (exact) mass is 1240 g/mol. The number of hydrogen-bond donors (Lipinski definition) is 15. The fourth-order valence-corrected chi connectivity index (χ4v) is 10.0. The molecule has 18 N–H and O–H groups in total. The third kappa shape index (κ3) is 23.6.